The van der Waals surface area contributed by atoms with Crippen LogP contribution in [0.15, 0.2) is 18.3 Å². The summed E-state index contributed by atoms with van der Waals surface area (Å²) in [4.78, 5) is 6.76. The van der Waals surface area contributed by atoms with Crippen LogP contribution in [0.3, 0.4) is 0 Å². The lowest BCUT2D eigenvalue weighted by Crippen LogP contribution is -2.36. The average molecular weight is 251 g/mol. The summed E-state index contributed by atoms with van der Waals surface area (Å²) in [7, 11) is 1.73. The van der Waals surface area contributed by atoms with E-state index in [0.29, 0.717) is 12.6 Å². The van der Waals surface area contributed by atoms with Gasteiger partial charge in [-0.1, -0.05) is 6.07 Å². The van der Waals surface area contributed by atoms with E-state index >= 15 is 0 Å². The molecule has 0 saturated carbocycles. The Morgan fingerprint density at radius 1 is 1.39 bits per heavy atom. The molecule has 1 aromatic rings. The number of likely N-dealkylation sites (N-methyl/N-ethyl adjacent to an activating group) is 1. The van der Waals surface area contributed by atoms with Crippen molar-refractivity contribution in [1.29, 1.82) is 0 Å². The molecule has 102 valence electrons. The van der Waals surface area contributed by atoms with Gasteiger partial charge in [0.2, 0.25) is 0 Å². The van der Waals surface area contributed by atoms with Crippen LogP contribution in [0.25, 0.3) is 0 Å². The van der Waals surface area contributed by atoms with Crippen LogP contribution in [0.5, 0.6) is 0 Å². The highest BCUT2D eigenvalue weighted by atomic mass is 16.5. The molecule has 0 aromatic carbocycles. The lowest BCUT2D eigenvalue weighted by Gasteiger charge is -2.28. The summed E-state index contributed by atoms with van der Waals surface area (Å²) >= 11 is 0. The summed E-state index contributed by atoms with van der Waals surface area (Å²) < 4.78 is 5.20. The number of hydrogen-bond donors (Lipinski definition) is 1. The lowest BCUT2D eigenvalue weighted by molar-refractivity contribution is 0.181. The van der Waals surface area contributed by atoms with E-state index in [4.69, 9.17) is 10.5 Å². The number of hydrogen-bond acceptors (Lipinski definition) is 4. The van der Waals surface area contributed by atoms with Crippen molar-refractivity contribution in [3.8, 4) is 0 Å². The highest BCUT2D eigenvalue weighted by Gasteiger charge is 2.13. The van der Waals surface area contributed by atoms with Crippen LogP contribution in [0, 0.1) is 0 Å². The molecular formula is C14H25N3O. The van der Waals surface area contributed by atoms with E-state index < -0.39 is 0 Å². The minimum atomic E-state index is 0.173. The molecule has 0 radical (unpaired) electrons. The van der Waals surface area contributed by atoms with Crippen molar-refractivity contribution in [3.05, 3.63) is 23.9 Å². The van der Waals surface area contributed by atoms with Gasteiger partial charge in [-0.05, 0) is 38.8 Å². The van der Waals surface area contributed by atoms with Crippen LogP contribution in [0.1, 0.15) is 26.3 Å². The van der Waals surface area contributed by atoms with Crippen molar-refractivity contribution >= 4 is 5.82 Å². The number of aromatic nitrogens is 1. The van der Waals surface area contributed by atoms with Crippen molar-refractivity contribution < 1.29 is 4.74 Å². The minimum absolute atomic E-state index is 0.173. The molecule has 1 heterocycles. The average Bonchev–Trinajstić information content (AvgIpc) is 2.32. The summed E-state index contributed by atoms with van der Waals surface area (Å²) in [5, 5.41) is 0. The SMILES string of the molecule is CCN(c1ccc(CC(C)N)cn1)C(C)COC. The van der Waals surface area contributed by atoms with Gasteiger partial charge in [0.15, 0.2) is 0 Å². The van der Waals surface area contributed by atoms with Crippen LogP contribution in [0.2, 0.25) is 0 Å². The van der Waals surface area contributed by atoms with Crippen molar-refractivity contribution in [1.82, 2.24) is 4.98 Å². The summed E-state index contributed by atoms with van der Waals surface area (Å²) in [6.45, 7) is 7.91. The second-order valence-corrected chi connectivity index (χ2v) is 4.80. The van der Waals surface area contributed by atoms with Crippen molar-refractivity contribution in [2.75, 3.05) is 25.2 Å². The first-order valence-corrected chi connectivity index (χ1v) is 6.54. The van der Waals surface area contributed by atoms with E-state index in [9.17, 15) is 0 Å². The molecule has 0 amide bonds. The molecule has 2 N–H and O–H groups in total. The molecule has 2 unspecified atom stereocenters. The molecule has 0 saturated heterocycles. The molecule has 0 fully saturated rings. The van der Waals surface area contributed by atoms with E-state index in [1.807, 2.05) is 13.1 Å². The Morgan fingerprint density at radius 2 is 2.11 bits per heavy atom. The molecule has 4 heteroatoms. The first-order valence-electron chi connectivity index (χ1n) is 6.54. The van der Waals surface area contributed by atoms with Crippen molar-refractivity contribution in [2.24, 2.45) is 5.73 Å². The van der Waals surface area contributed by atoms with Crippen LogP contribution in [-0.2, 0) is 11.2 Å². The second kappa shape index (κ2) is 7.34. The van der Waals surface area contributed by atoms with E-state index in [-0.39, 0.29) is 6.04 Å². The Morgan fingerprint density at radius 3 is 2.56 bits per heavy atom. The van der Waals surface area contributed by atoms with Crippen molar-refractivity contribution in [2.45, 2.75) is 39.3 Å². The summed E-state index contributed by atoms with van der Waals surface area (Å²) in [6, 6.07) is 4.67. The van der Waals surface area contributed by atoms with Gasteiger partial charge in [0.25, 0.3) is 0 Å². The predicted molar refractivity (Wildman–Crippen MR) is 75.9 cm³/mol. The van der Waals surface area contributed by atoms with Crippen molar-refractivity contribution in [3.63, 3.8) is 0 Å². The maximum Gasteiger partial charge on any atom is 0.128 e. The van der Waals surface area contributed by atoms with Crippen LogP contribution < -0.4 is 10.6 Å². The number of anilines is 1. The maximum atomic E-state index is 5.78. The number of nitrogens with zero attached hydrogens (tertiary/aromatic N) is 2. The Hall–Kier alpha value is -1.13. The number of pyridine rings is 1. The highest BCUT2D eigenvalue weighted by molar-refractivity contribution is 5.40. The van der Waals surface area contributed by atoms with Gasteiger partial charge < -0.3 is 15.4 Å². The fourth-order valence-corrected chi connectivity index (χ4v) is 2.11. The third-order valence-corrected chi connectivity index (χ3v) is 2.94. The van der Waals surface area contributed by atoms with E-state index in [1.165, 1.54) is 5.56 Å². The molecule has 18 heavy (non-hydrogen) atoms. The zero-order valence-electron chi connectivity index (χ0n) is 11.9. The van der Waals surface area contributed by atoms with Gasteiger partial charge >= 0.3 is 0 Å². The summed E-state index contributed by atoms with van der Waals surface area (Å²) in [5.74, 6) is 0.996. The first-order chi connectivity index (χ1) is 8.58. The third-order valence-electron chi connectivity index (χ3n) is 2.94. The molecule has 4 nitrogen and oxygen atoms in total. The topological polar surface area (TPSA) is 51.4 Å². The molecule has 0 aliphatic rings. The van der Waals surface area contributed by atoms with Gasteiger partial charge in [-0.25, -0.2) is 4.98 Å². The Bertz CT molecular complexity index is 337. The fourth-order valence-electron chi connectivity index (χ4n) is 2.11. The van der Waals surface area contributed by atoms with E-state index in [0.717, 1.165) is 18.8 Å². The molecule has 0 aliphatic carbocycles. The second-order valence-electron chi connectivity index (χ2n) is 4.80. The molecule has 1 rings (SSSR count). The highest BCUT2D eigenvalue weighted by Crippen LogP contribution is 2.15. The van der Waals surface area contributed by atoms with Crippen LogP contribution in [0.4, 0.5) is 5.82 Å². The molecule has 0 aliphatic heterocycles. The largest absolute Gasteiger partial charge is 0.383 e. The first kappa shape index (κ1) is 14.9. The van der Waals surface area contributed by atoms with Crippen LogP contribution >= 0.6 is 0 Å². The monoisotopic (exact) mass is 251 g/mol. The number of nitrogens with two attached hydrogens (primary N) is 1. The predicted octanol–water partition coefficient (Wildman–Crippen LogP) is 1.83. The zero-order chi connectivity index (χ0) is 13.5. The van der Waals surface area contributed by atoms with Gasteiger partial charge in [0, 0.05) is 25.9 Å². The summed E-state index contributed by atoms with van der Waals surface area (Å²) in [5.41, 5.74) is 6.97. The third kappa shape index (κ3) is 4.27. The van der Waals surface area contributed by atoms with Gasteiger partial charge in [0.1, 0.15) is 5.82 Å². The normalized spacial score (nSPS) is 14.3. The fraction of sp³-hybridized carbons (Fsp3) is 0.643. The lowest BCUT2D eigenvalue weighted by atomic mass is 10.1. The zero-order valence-corrected chi connectivity index (χ0v) is 11.9. The van der Waals surface area contributed by atoms with Crippen LogP contribution in [-0.4, -0.2) is 37.3 Å². The number of ether oxygens (including phenoxy) is 1. The standard InChI is InChI=1S/C14H25N3O/c1-5-17(12(3)10-18-4)14-7-6-13(9-16-14)8-11(2)15/h6-7,9,11-12H,5,8,10,15H2,1-4H3. The maximum absolute atomic E-state index is 5.78. The van der Waals surface area contributed by atoms with Gasteiger partial charge in [-0.15, -0.1) is 0 Å². The van der Waals surface area contributed by atoms with E-state index in [2.05, 4.69) is 35.9 Å². The van der Waals surface area contributed by atoms with Gasteiger partial charge in [0.05, 0.1) is 12.6 Å². The number of methoxy groups -OCH3 is 1. The smallest absolute Gasteiger partial charge is 0.128 e. The molecule has 2 atom stereocenters. The summed E-state index contributed by atoms with van der Waals surface area (Å²) in [6.07, 6.45) is 2.79. The minimum Gasteiger partial charge on any atom is -0.383 e. The Labute approximate surface area is 110 Å². The Balaban J connectivity index is 2.75. The van der Waals surface area contributed by atoms with Gasteiger partial charge in [-0.2, -0.15) is 0 Å². The number of rotatable bonds is 7. The molecule has 0 spiro atoms. The molecule has 0 bridgehead atoms. The molecule has 1 aromatic heterocycles. The quantitative estimate of drug-likeness (QED) is 0.803. The Kier molecular flexibility index (Phi) is 6.09. The molecular weight excluding hydrogens is 226 g/mol. The van der Waals surface area contributed by atoms with E-state index in [1.54, 1.807) is 7.11 Å². The van der Waals surface area contributed by atoms with Gasteiger partial charge in [-0.3, -0.25) is 0 Å².